The first-order chi connectivity index (χ1) is 9.52. The number of nitrogens with zero attached hydrogens (tertiary/aromatic N) is 3. The molecule has 0 spiro atoms. The van der Waals surface area contributed by atoms with Crippen LogP contribution < -0.4 is 0 Å². The monoisotopic (exact) mass is 278 g/mol. The summed E-state index contributed by atoms with van der Waals surface area (Å²) in [6.45, 7) is 4.89. The van der Waals surface area contributed by atoms with E-state index in [-0.39, 0.29) is 17.9 Å². The van der Waals surface area contributed by atoms with E-state index in [1.807, 2.05) is 13.8 Å². The number of amides is 2. The summed E-state index contributed by atoms with van der Waals surface area (Å²) in [6.07, 6.45) is 3.85. The maximum absolute atomic E-state index is 12.5. The number of carbonyl (C=O) groups is 2. The molecule has 0 radical (unpaired) electrons. The van der Waals surface area contributed by atoms with Gasteiger partial charge in [0.15, 0.2) is 0 Å². The Balaban J connectivity index is 2.00. The van der Waals surface area contributed by atoms with E-state index in [2.05, 4.69) is 9.97 Å². The zero-order valence-corrected chi connectivity index (χ0v) is 12.3. The van der Waals surface area contributed by atoms with E-state index in [1.54, 1.807) is 23.0 Å². The summed E-state index contributed by atoms with van der Waals surface area (Å²) in [5.41, 5.74) is 0.976. The molecule has 0 saturated carbocycles. The normalized spacial score (nSPS) is 18.4. The molecule has 0 aliphatic carbocycles. The van der Waals surface area contributed by atoms with Crippen LogP contribution in [0.15, 0.2) is 6.20 Å². The van der Waals surface area contributed by atoms with E-state index in [4.69, 9.17) is 0 Å². The Hall–Kier alpha value is -1.85. The number of hydrogen-bond acceptors (Lipinski definition) is 3. The Labute approximate surface area is 119 Å². The smallest absolute Gasteiger partial charge is 0.245 e. The molecule has 2 heterocycles. The molecule has 1 atom stereocenters. The standard InChI is InChI=1S/C14H22N4O2/c1-4-13(19)18-7-5-6-11(18)14(20)17(3)9-12-15-8-10(2)16-12/h8,11H,4-7,9H2,1-3H3,(H,15,16)/t11-/m0/s1. The Morgan fingerprint density at radius 1 is 1.55 bits per heavy atom. The van der Waals surface area contributed by atoms with Crippen LogP contribution in [0.4, 0.5) is 0 Å². The zero-order chi connectivity index (χ0) is 14.7. The Bertz CT molecular complexity index is 497. The van der Waals surface area contributed by atoms with Crippen LogP contribution in [-0.2, 0) is 16.1 Å². The minimum absolute atomic E-state index is 0.00152. The third-order valence-electron chi connectivity index (χ3n) is 3.68. The predicted octanol–water partition coefficient (Wildman–Crippen LogP) is 1.08. The number of H-pyrrole nitrogens is 1. The van der Waals surface area contributed by atoms with Crippen LogP contribution in [0.3, 0.4) is 0 Å². The Kier molecular flexibility index (Phi) is 4.42. The molecular weight excluding hydrogens is 256 g/mol. The van der Waals surface area contributed by atoms with Crippen molar-refractivity contribution in [3.8, 4) is 0 Å². The summed E-state index contributed by atoms with van der Waals surface area (Å²) < 4.78 is 0. The van der Waals surface area contributed by atoms with Gasteiger partial charge in [0, 0.05) is 31.9 Å². The van der Waals surface area contributed by atoms with Crippen LogP contribution in [0.2, 0.25) is 0 Å². The molecule has 20 heavy (non-hydrogen) atoms. The summed E-state index contributed by atoms with van der Waals surface area (Å²) in [4.78, 5) is 35.0. The molecule has 1 aliphatic heterocycles. The van der Waals surface area contributed by atoms with E-state index in [9.17, 15) is 9.59 Å². The van der Waals surface area contributed by atoms with Crippen LogP contribution in [0.25, 0.3) is 0 Å². The van der Waals surface area contributed by atoms with Crippen molar-refractivity contribution in [1.29, 1.82) is 0 Å². The van der Waals surface area contributed by atoms with Gasteiger partial charge >= 0.3 is 0 Å². The molecular formula is C14H22N4O2. The fraction of sp³-hybridized carbons (Fsp3) is 0.643. The van der Waals surface area contributed by atoms with Crippen molar-refractivity contribution in [1.82, 2.24) is 19.8 Å². The summed E-state index contributed by atoms with van der Waals surface area (Å²) in [5, 5.41) is 0. The van der Waals surface area contributed by atoms with Gasteiger partial charge in [-0.25, -0.2) is 4.98 Å². The molecule has 6 nitrogen and oxygen atoms in total. The lowest BCUT2D eigenvalue weighted by Crippen LogP contribution is -2.46. The topological polar surface area (TPSA) is 69.3 Å². The van der Waals surface area contributed by atoms with Crippen LogP contribution >= 0.6 is 0 Å². The number of aryl methyl sites for hydroxylation is 1. The molecule has 6 heteroatoms. The quantitative estimate of drug-likeness (QED) is 0.896. The van der Waals surface area contributed by atoms with Crippen LogP contribution in [-0.4, -0.2) is 51.2 Å². The summed E-state index contributed by atoms with van der Waals surface area (Å²) in [7, 11) is 1.76. The molecule has 1 fully saturated rings. The van der Waals surface area contributed by atoms with Crippen molar-refractivity contribution >= 4 is 11.8 Å². The van der Waals surface area contributed by atoms with Gasteiger partial charge in [-0.05, 0) is 19.8 Å². The third kappa shape index (κ3) is 3.00. The average Bonchev–Trinajstić information content (AvgIpc) is 3.06. The average molecular weight is 278 g/mol. The van der Waals surface area contributed by atoms with Gasteiger partial charge in [-0.3, -0.25) is 9.59 Å². The molecule has 1 saturated heterocycles. The molecule has 1 aliphatic rings. The SMILES string of the molecule is CCC(=O)N1CCC[C@H]1C(=O)N(C)Cc1ncc(C)[nH]1. The van der Waals surface area contributed by atoms with Gasteiger partial charge in [-0.2, -0.15) is 0 Å². The number of aromatic nitrogens is 2. The number of likely N-dealkylation sites (tertiary alicyclic amines) is 1. The lowest BCUT2D eigenvalue weighted by atomic mass is 10.2. The number of imidazole rings is 1. The highest BCUT2D eigenvalue weighted by molar-refractivity contribution is 5.88. The van der Waals surface area contributed by atoms with E-state index < -0.39 is 0 Å². The van der Waals surface area contributed by atoms with Crippen molar-refractivity contribution in [3.63, 3.8) is 0 Å². The lowest BCUT2D eigenvalue weighted by Gasteiger charge is -2.27. The van der Waals surface area contributed by atoms with E-state index in [0.29, 0.717) is 19.5 Å². The Morgan fingerprint density at radius 3 is 2.90 bits per heavy atom. The second-order valence-electron chi connectivity index (χ2n) is 5.31. The second-order valence-corrected chi connectivity index (χ2v) is 5.31. The van der Waals surface area contributed by atoms with E-state index in [0.717, 1.165) is 24.4 Å². The highest BCUT2D eigenvalue weighted by atomic mass is 16.2. The zero-order valence-electron chi connectivity index (χ0n) is 12.3. The number of carbonyl (C=O) groups excluding carboxylic acids is 2. The number of likely N-dealkylation sites (N-methyl/N-ethyl adjacent to an activating group) is 1. The Morgan fingerprint density at radius 2 is 2.30 bits per heavy atom. The highest BCUT2D eigenvalue weighted by Gasteiger charge is 2.34. The predicted molar refractivity (Wildman–Crippen MR) is 74.8 cm³/mol. The van der Waals surface area contributed by atoms with Gasteiger partial charge in [-0.1, -0.05) is 6.92 Å². The molecule has 1 aromatic rings. The number of aromatic amines is 1. The second kappa shape index (κ2) is 6.07. The summed E-state index contributed by atoms with van der Waals surface area (Å²) in [6, 6.07) is -0.302. The van der Waals surface area contributed by atoms with Crippen molar-refractivity contribution in [2.75, 3.05) is 13.6 Å². The number of hydrogen-bond donors (Lipinski definition) is 1. The molecule has 0 aromatic carbocycles. The van der Waals surface area contributed by atoms with Crippen LogP contribution in [0, 0.1) is 6.92 Å². The first kappa shape index (κ1) is 14.6. The molecule has 2 amide bonds. The third-order valence-corrected chi connectivity index (χ3v) is 3.68. The minimum atomic E-state index is -0.302. The molecule has 0 unspecified atom stereocenters. The van der Waals surface area contributed by atoms with Crippen LogP contribution in [0.5, 0.6) is 0 Å². The van der Waals surface area contributed by atoms with Gasteiger partial charge < -0.3 is 14.8 Å². The minimum Gasteiger partial charge on any atom is -0.345 e. The molecule has 1 aromatic heterocycles. The van der Waals surface area contributed by atoms with E-state index in [1.165, 1.54) is 0 Å². The van der Waals surface area contributed by atoms with Crippen molar-refractivity contribution in [2.45, 2.75) is 45.7 Å². The summed E-state index contributed by atoms with van der Waals surface area (Å²) in [5.74, 6) is 0.825. The van der Waals surface area contributed by atoms with Gasteiger partial charge in [0.1, 0.15) is 11.9 Å². The first-order valence-electron chi connectivity index (χ1n) is 7.07. The maximum Gasteiger partial charge on any atom is 0.245 e. The van der Waals surface area contributed by atoms with Gasteiger partial charge in [-0.15, -0.1) is 0 Å². The molecule has 1 N–H and O–H groups in total. The maximum atomic E-state index is 12.5. The van der Waals surface area contributed by atoms with Gasteiger partial charge in [0.05, 0.1) is 6.54 Å². The number of rotatable bonds is 4. The summed E-state index contributed by atoms with van der Waals surface area (Å²) >= 11 is 0. The first-order valence-corrected chi connectivity index (χ1v) is 7.07. The van der Waals surface area contributed by atoms with Crippen molar-refractivity contribution < 1.29 is 9.59 Å². The van der Waals surface area contributed by atoms with Gasteiger partial charge in [0.2, 0.25) is 11.8 Å². The lowest BCUT2D eigenvalue weighted by molar-refractivity contribution is -0.143. The molecule has 110 valence electrons. The largest absolute Gasteiger partial charge is 0.345 e. The van der Waals surface area contributed by atoms with Crippen LogP contribution in [0.1, 0.15) is 37.7 Å². The fourth-order valence-corrected chi connectivity index (χ4v) is 2.63. The van der Waals surface area contributed by atoms with Crippen molar-refractivity contribution in [3.05, 3.63) is 17.7 Å². The number of nitrogens with one attached hydrogen (secondary N) is 1. The fourth-order valence-electron chi connectivity index (χ4n) is 2.63. The highest BCUT2D eigenvalue weighted by Crippen LogP contribution is 2.20. The van der Waals surface area contributed by atoms with E-state index >= 15 is 0 Å². The molecule has 0 bridgehead atoms. The van der Waals surface area contributed by atoms with Gasteiger partial charge in [0.25, 0.3) is 0 Å². The molecule has 2 rings (SSSR count). The van der Waals surface area contributed by atoms with Crippen molar-refractivity contribution in [2.24, 2.45) is 0 Å².